The summed E-state index contributed by atoms with van der Waals surface area (Å²) < 4.78 is 28.0. The number of benzene rings is 2. The third kappa shape index (κ3) is 3.35. The molecule has 1 nitrogen and oxygen atoms in total. The monoisotopic (exact) mass is 387 g/mol. The van der Waals surface area contributed by atoms with Crippen molar-refractivity contribution in [3.8, 4) is 0 Å². The van der Waals surface area contributed by atoms with Gasteiger partial charge in [-0.1, -0.05) is 25.1 Å². The molecule has 2 rings (SSSR count). The molecule has 2 aromatic carbocycles. The van der Waals surface area contributed by atoms with E-state index in [0.29, 0.717) is 12.1 Å². The maximum Gasteiger partial charge on any atom is 0.126 e. The number of nitrogens with one attached hydrogen (secondary N) is 1. The highest BCUT2D eigenvalue weighted by molar-refractivity contribution is 14.1. The van der Waals surface area contributed by atoms with Crippen molar-refractivity contribution in [3.05, 3.63) is 68.3 Å². The van der Waals surface area contributed by atoms with E-state index in [9.17, 15) is 8.78 Å². The quantitative estimate of drug-likeness (QED) is 0.758. The Kier molecular flexibility index (Phi) is 5.10. The maximum absolute atomic E-state index is 13.5. The average Bonchev–Trinajstić information content (AvgIpc) is 2.38. The molecule has 2 aromatic rings. The number of aryl methyl sites for hydroxylation is 1. The first-order valence-corrected chi connectivity index (χ1v) is 7.55. The fourth-order valence-electron chi connectivity index (χ4n) is 2.25. The zero-order valence-corrected chi connectivity index (χ0v) is 13.5. The Morgan fingerprint density at radius 1 is 1.15 bits per heavy atom. The third-order valence-electron chi connectivity index (χ3n) is 3.16. The van der Waals surface area contributed by atoms with E-state index in [1.165, 1.54) is 12.1 Å². The molecule has 20 heavy (non-hydrogen) atoms. The van der Waals surface area contributed by atoms with E-state index in [2.05, 4.69) is 27.9 Å². The van der Waals surface area contributed by atoms with Gasteiger partial charge in [-0.15, -0.1) is 0 Å². The van der Waals surface area contributed by atoms with Crippen molar-refractivity contribution in [1.29, 1.82) is 0 Å². The van der Waals surface area contributed by atoms with Gasteiger partial charge in [-0.3, -0.25) is 0 Å². The first kappa shape index (κ1) is 15.4. The molecule has 0 aliphatic heterocycles. The van der Waals surface area contributed by atoms with Crippen molar-refractivity contribution in [2.45, 2.75) is 19.9 Å². The van der Waals surface area contributed by atoms with E-state index < -0.39 is 11.6 Å². The van der Waals surface area contributed by atoms with Crippen LogP contribution in [0.2, 0.25) is 0 Å². The van der Waals surface area contributed by atoms with Crippen LogP contribution in [0.3, 0.4) is 0 Å². The normalized spacial score (nSPS) is 12.4. The van der Waals surface area contributed by atoms with Gasteiger partial charge in [0.25, 0.3) is 0 Å². The zero-order valence-electron chi connectivity index (χ0n) is 11.4. The average molecular weight is 387 g/mol. The minimum Gasteiger partial charge on any atom is -0.306 e. The zero-order chi connectivity index (χ0) is 14.7. The van der Waals surface area contributed by atoms with E-state index in [1.807, 2.05) is 32.0 Å². The van der Waals surface area contributed by atoms with Crippen molar-refractivity contribution in [1.82, 2.24) is 5.32 Å². The van der Waals surface area contributed by atoms with Gasteiger partial charge in [0.1, 0.15) is 11.6 Å². The molecule has 0 saturated carbocycles. The fraction of sp³-hybridized carbons (Fsp3) is 0.250. The molecule has 0 saturated heterocycles. The summed E-state index contributed by atoms with van der Waals surface area (Å²) in [6, 6.07) is 9.44. The van der Waals surface area contributed by atoms with Crippen LogP contribution in [0, 0.1) is 22.1 Å². The van der Waals surface area contributed by atoms with E-state index in [1.54, 1.807) is 0 Å². The Balaban J connectivity index is 2.53. The summed E-state index contributed by atoms with van der Waals surface area (Å²) in [5.41, 5.74) is 2.80. The summed E-state index contributed by atoms with van der Waals surface area (Å²) in [7, 11) is 0. The number of rotatable bonds is 4. The Labute approximate surface area is 131 Å². The summed E-state index contributed by atoms with van der Waals surface area (Å²) in [5.74, 6) is -1.10. The highest BCUT2D eigenvalue weighted by Crippen LogP contribution is 2.29. The Hall–Kier alpha value is -1.01. The van der Waals surface area contributed by atoms with Crippen molar-refractivity contribution < 1.29 is 8.78 Å². The van der Waals surface area contributed by atoms with Gasteiger partial charge in [0.15, 0.2) is 0 Å². The van der Waals surface area contributed by atoms with Crippen LogP contribution in [0.4, 0.5) is 8.78 Å². The highest BCUT2D eigenvalue weighted by atomic mass is 127. The van der Waals surface area contributed by atoms with Crippen LogP contribution in [-0.2, 0) is 0 Å². The maximum atomic E-state index is 13.5. The van der Waals surface area contributed by atoms with Gasteiger partial charge >= 0.3 is 0 Å². The lowest BCUT2D eigenvalue weighted by atomic mass is 9.97. The van der Waals surface area contributed by atoms with Gasteiger partial charge in [-0.05, 0) is 64.9 Å². The van der Waals surface area contributed by atoms with Gasteiger partial charge < -0.3 is 5.32 Å². The lowest BCUT2D eigenvalue weighted by molar-refractivity contribution is 0.565. The molecule has 0 fully saturated rings. The second-order valence-electron chi connectivity index (χ2n) is 4.67. The van der Waals surface area contributed by atoms with Crippen molar-refractivity contribution in [2.24, 2.45) is 0 Å². The van der Waals surface area contributed by atoms with E-state index >= 15 is 0 Å². The molecule has 0 aliphatic rings. The molecule has 1 unspecified atom stereocenters. The molecule has 106 valence electrons. The van der Waals surface area contributed by atoms with Crippen LogP contribution in [0.1, 0.15) is 29.7 Å². The number of halogens is 3. The Morgan fingerprint density at radius 2 is 1.80 bits per heavy atom. The van der Waals surface area contributed by atoms with Crippen LogP contribution < -0.4 is 5.32 Å². The van der Waals surface area contributed by atoms with Crippen molar-refractivity contribution in [3.63, 3.8) is 0 Å². The minimum atomic E-state index is -0.550. The van der Waals surface area contributed by atoms with Crippen LogP contribution >= 0.6 is 22.6 Å². The number of hydrogen-bond acceptors (Lipinski definition) is 1. The fourth-order valence-corrected chi connectivity index (χ4v) is 2.92. The molecule has 0 bridgehead atoms. The summed E-state index contributed by atoms with van der Waals surface area (Å²) in [5, 5.41) is 3.30. The van der Waals surface area contributed by atoms with Crippen molar-refractivity contribution in [2.75, 3.05) is 6.54 Å². The second-order valence-corrected chi connectivity index (χ2v) is 5.75. The standard InChI is InChI=1S/C16H16F2IN/c1-3-20-16(11-7-12(17)9-13(18)8-11)14-6-4-5-10(2)15(14)19/h4-9,16,20H,3H2,1-2H3. The molecule has 0 amide bonds. The molecule has 0 aliphatic carbocycles. The van der Waals surface area contributed by atoms with E-state index in [-0.39, 0.29) is 6.04 Å². The molecular formula is C16H16F2IN. The lowest BCUT2D eigenvalue weighted by Crippen LogP contribution is -2.23. The predicted molar refractivity (Wildman–Crippen MR) is 85.8 cm³/mol. The van der Waals surface area contributed by atoms with Gasteiger partial charge in [-0.2, -0.15) is 0 Å². The highest BCUT2D eigenvalue weighted by Gasteiger charge is 2.18. The SMILES string of the molecule is CCNC(c1cc(F)cc(F)c1)c1cccc(C)c1I. The molecule has 0 radical (unpaired) electrons. The topological polar surface area (TPSA) is 12.0 Å². The molecule has 0 heterocycles. The summed E-state index contributed by atoms with van der Waals surface area (Å²) in [6.45, 7) is 4.72. The lowest BCUT2D eigenvalue weighted by Gasteiger charge is -2.21. The second kappa shape index (κ2) is 6.63. The Morgan fingerprint density at radius 3 is 2.40 bits per heavy atom. The largest absolute Gasteiger partial charge is 0.306 e. The van der Waals surface area contributed by atoms with E-state index in [0.717, 1.165) is 20.8 Å². The third-order valence-corrected chi connectivity index (χ3v) is 4.63. The summed E-state index contributed by atoms with van der Waals surface area (Å²) in [6.07, 6.45) is 0. The van der Waals surface area contributed by atoms with Gasteiger partial charge in [0.2, 0.25) is 0 Å². The van der Waals surface area contributed by atoms with Gasteiger partial charge in [0.05, 0.1) is 6.04 Å². The molecule has 1 N–H and O–H groups in total. The molecule has 1 atom stereocenters. The molecule has 0 aromatic heterocycles. The molecule has 4 heteroatoms. The van der Waals surface area contributed by atoms with Crippen LogP contribution in [0.15, 0.2) is 36.4 Å². The summed E-state index contributed by atoms with van der Waals surface area (Å²) >= 11 is 2.28. The summed E-state index contributed by atoms with van der Waals surface area (Å²) in [4.78, 5) is 0. The van der Waals surface area contributed by atoms with Crippen LogP contribution in [-0.4, -0.2) is 6.54 Å². The Bertz CT molecular complexity index is 593. The molecule has 0 spiro atoms. The predicted octanol–water partition coefficient (Wildman–Crippen LogP) is 4.58. The first-order chi connectivity index (χ1) is 9.52. The van der Waals surface area contributed by atoms with Gasteiger partial charge in [0, 0.05) is 9.64 Å². The smallest absolute Gasteiger partial charge is 0.126 e. The number of hydrogen-bond donors (Lipinski definition) is 1. The van der Waals surface area contributed by atoms with Crippen LogP contribution in [0.25, 0.3) is 0 Å². The minimum absolute atomic E-state index is 0.211. The van der Waals surface area contributed by atoms with Gasteiger partial charge in [-0.25, -0.2) is 8.78 Å². The van der Waals surface area contributed by atoms with Crippen molar-refractivity contribution >= 4 is 22.6 Å². The van der Waals surface area contributed by atoms with Crippen LogP contribution in [0.5, 0.6) is 0 Å². The first-order valence-electron chi connectivity index (χ1n) is 6.47. The van der Waals surface area contributed by atoms with E-state index in [4.69, 9.17) is 0 Å². The molecular weight excluding hydrogens is 371 g/mol.